The number of hydrogen-bond donors (Lipinski definition) is 0. The van der Waals surface area contributed by atoms with E-state index < -0.39 is 6.10 Å². The van der Waals surface area contributed by atoms with E-state index in [-0.39, 0.29) is 18.0 Å². The fourth-order valence-corrected chi connectivity index (χ4v) is 2.26. The Labute approximate surface area is 119 Å². The smallest absolute Gasteiger partial charge is 0.308 e. The van der Waals surface area contributed by atoms with Crippen LogP contribution < -0.4 is 0 Å². The van der Waals surface area contributed by atoms with Gasteiger partial charge in [-0.1, -0.05) is 37.3 Å². The van der Waals surface area contributed by atoms with Gasteiger partial charge in [0.2, 0.25) is 0 Å². The number of ether oxygens (including phenoxy) is 2. The molecule has 0 saturated carbocycles. The zero-order valence-corrected chi connectivity index (χ0v) is 11.7. The summed E-state index contributed by atoms with van der Waals surface area (Å²) < 4.78 is 10.9. The Balaban J connectivity index is 1.80. The van der Waals surface area contributed by atoms with Gasteiger partial charge in [-0.15, -0.1) is 0 Å². The summed E-state index contributed by atoms with van der Waals surface area (Å²) in [6, 6.07) is 9.69. The molecule has 1 saturated heterocycles. The van der Waals surface area contributed by atoms with Crippen molar-refractivity contribution in [2.75, 3.05) is 0 Å². The number of cyclic esters (lactones) is 1. The lowest BCUT2D eigenvalue weighted by molar-refractivity contribution is -0.162. The van der Waals surface area contributed by atoms with Gasteiger partial charge < -0.3 is 14.3 Å². The molecule has 0 unspecified atom stereocenters. The maximum Gasteiger partial charge on any atom is 0.308 e. The van der Waals surface area contributed by atoms with Gasteiger partial charge in [-0.25, -0.2) is 0 Å². The van der Waals surface area contributed by atoms with E-state index in [0.29, 0.717) is 13.0 Å². The van der Waals surface area contributed by atoms with Crippen LogP contribution in [0, 0.1) is 5.92 Å². The Hall–Kier alpha value is -1.68. The van der Waals surface area contributed by atoms with Crippen LogP contribution in [-0.4, -0.2) is 24.5 Å². The molecule has 4 nitrogen and oxygen atoms in total. The van der Waals surface area contributed by atoms with Crippen LogP contribution in [0.15, 0.2) is 30.3 Å². The molecular formula is C16H20O4. The minimum absolute atomic E-state index is 0.0360. The van der Waals surface area contributed by atoms with Gasteiger partial charge in [0.25, 0.3) is 0 Å². The fourth-order valence-electron chi connectivity index (χ4n) is 2.26. The van der Waals surface area contributed by atoms with Gasteiger partial charge >= 0.3 is 5.97 Å². The minimum Gasteiger partial charge on any atom is -0.462 e. The Bertz CT molecular complexity index is 443. The molecule has 1 heterocycles. The molecule has 108 valence electrons. The summed E-state index contributed by atoms with van der Waals surface area (Å²) in [4.78, 5) is 22.6. The van der Waals surface area contributed by atoms with Crippen LogP contribution in [-0.2, 0) is 25.7 Å². The summed E-state index contributed by atoms with van der Waals surface area (Å²) in [5, 5.41) is 0. The van der Waals surface area contributed by atoms with E-state index in [2.05, 4.69) is 0 Å². The fraction of sp³-hybridized carbons (Fsp3) is 0.500. The van der Waals surface area contributed by atoms with Crippen molar-refractivity contribution in [3.05, 3.63) is 35.9 Å². The van der Waals surface area contributed by atoms with E-state index in [1.165, 1.54) is 0 Å². The molecule has 3 atom stereocenters. The number of carbonyl (C=O) groups excluding carboxylic acids is 2. The molecule has 1 aliphatic heterocycles. The number of benzene rings is 1. The third-order valence-corrected chi connectivity index (χ3v) is 3.56. The molecule has 0 aromatic heterocycles. The Morgan fingerprint density at radius 1 is 1.35 bits per heavy atom. The molecule has 1 aromatic rings. The van der Waals surface area contributed by atoms with E-state index in [1.54, 1.807) is 0 Å². The zero-order valence-electron chi connectivity index (χ0n) is 11.7. The average Bonchev–Trinajstić information content (AvgIpc) is 2.48. The molecule has 1 fully saturated rings. The van der Waals surface area contributed by atoms with Crippen LogP contribution in [0.25, 0.3) is 0 Å². The highest BCUT2D eigenvalue weighted by atomic mass is 16.5. The number of carbonyl (C=O) groups is 2. The lowest BCUT2D eigenvalue weighted by Crippen LogP contribution is -2.33. The summed E-state index contributed by atoms with van der Waals surface area (Å²) in [6.45, 7) is 2.25. The van der Waals surface area contributed by atoms with Crippen LogP contribution in [0.1, 0.15) is 31.7 Å². The molecule has 1 aliphatic rings. The monoisotopic (exact) mass is 276 g/mol. The standard InChI is InChI=1S/C16H20O4/c1-12-7-8-14(20-16(12)18)9-15(10-17)19-11-13-5-3-2-4-6-13/h2-6,10,12,14-15H,7-9,11H2,1H3/t12-,14-,15+/m0/s1. The highest BCUT2D eigenvalue weighted by Crippen LogP contribution is 2.23. The van der Waals surface area contributed by atoms with Crippen LogP contribution in [0.5, 0.6) is 0 Å². The molecule has 4 heteroatoms. The van der Waals surface area contributed by atoms with Crippen LogP contribution in [0.3, 0.4) is 0 Å². The number of rotatable bonds is 6. The first-order valence-corrected chi connectivity index (χ1v) is 7.00. The first-order valence-electron chi connectivity index (χ1n) is 7.00. The predicted molar refractivity (Wildman–Crippen MR) is 74.0 cm³/mol. The third-order valence-electron chi connectivity index (χ3n) is 3.56. The SMILES string of the molecule is C[C@H]1CC[C@@H](C[C@H](C=O)OCc2ccccc2)OC1=O. The first-order chi connectivity index (χ1) is 9.69. The van der Waals surface area contributed by atoms with Gasteiger partial charge in [-0.3, -0.25) is 4.79 Å². The van der Waals surface area contributed by atoms with Crippen molar-refractivity contribution in [1.82, 2.24) is 0 Å². The van der Waals surface area contributed by atoms with Crippen molar-refractivity contribution < 1.29 is 19.1 Å². The van der Waals surface area contributed by atoms with Gasteiger partial charge in [-0.2, -0.15) is 0 Å². The maximum atomic E-state index is 11.5. The lowest BCUT2D eigenvalue weighted by Gasteiger charge is -2.27. The van der Waals surface area contributed by atoms with Gasteiger partial charge in [0, 0.05) is 6.42 Å². The van der Waals surface area contributed by atoms with Gasteiger partial charge in [-0.05, 0) is 18.4 Å². The summed E-state index contributed by atoms with van der Waals surface area (Å²) in [7, 11) is 0. The molecule has 0 bridgehead atoms. The molecule has 2 rings (SSSR count). The summed E-state index contributed by atoms with van der Waals surface area (Å²) in [6.07, 6.45) is 2.11. The Kier molecular flexibility index (Phi) is 5.30. The summed E-state index contributed by atoms with van der Waals surface area (Å²) in [5.41, 5.74) is 1.02. The number of hydrogen-bond acceptors (Lipinski definition) is 4. The molecule has 0 radical (unpaired) electrons. The van der Waals surface area contributed by atoms with Crippen molar-refractivity contribution in [1.29, 1.82) is 0 Å². The Morgan fingerprint density at radius 3 is 2.75 bits per heavy atom. The molecule has 1 aromatic carbocycles. The second kappa shape index (κ2) is 7.20. The third kappa shape index (κ3) is 4.17. The van der Waals surface area contributed by atoms with Gasteiger partial charge in [0.1, 0.15) is 18.5 Å². The van der Waals surface area contributed by atoms with E-state index in [0.717, 1.165) is 24.7 Å². The number of esters is 1. The van der Waals surface area contributed by atoms with Crippen molar-refractivity contribution in [2.45, 2.75) is 45.0 Å². The molecule has 20 heavy (non-hydrogen) atoms. The predicted octanol–water partition coefficient (Wildman–Crippen LogP) is 2.50. The first kappa shape index (κ1) is 14.7. The number of aldehydes is 1. The molecule has 0 amide bonds. The van der Waals surface area contributed by atoms with E-state index in [1.807, 2.05) is 37.3 Å². The van der Waals surface area contributed by atoms with Crippen molar-refractivity contribution in [3.63, 3.8) is 0 Å². The van der Waals surface area contributed by atoms with Crippen LogP contribution in [0.4, 0.5) is 0 Å². The topological polar surface area (TPSA) is 52.6 Å². The lowest BCUT2D eigenvalue weighted by atomic mass is 9.97. The second-order valence-electron chi connectivity index (χ2n) is 5.24. The quantitative estimate of drug-likeness (QED) is 0.591. The summed E-state index contributed by atoms with van der Waals surface area (Å²) >= 11 is 0. The summed E-state index contributed by atoms with van der Waals surface area (Å²) in [5.74, 6) is -0.208. The molecule has 0 N–H and O–H groups in total. The Morgan fingerprint density at radius 2 is 2.10 bits per heavy atom. The highest BCUT2D eigenvalue weighted by Gasteiger charge is 2.28. The van der Waals surface area contributed by atoms with Crippen LogP contribution >= 0.6 is 0 Å². The minimum atomic E-state index is -0.526. The van der Waals surface area contributed by atoms with E-state index in [4.69, 9.17) is 9.47 Å². The van der Waals surface area contributed by atoms with E-state index in [9.17, 15) is 9.59 Å². The normalized spacial score (nSPS) is 23.9. The van der Waals surface area contributed by atoms with E-state index >= 15 is 0 Å². The second-order valence-corrected chi connectivity index (χ2v) is 5.24. The molecule has 0 aliphatic carbocycles. The average molecular weight is 276 g/mol. The van der Waals surface area contributed by atoms with Crippen molar-refractivity contribution in [3.8, 4) is 0 Å². The molecule has 0 spiro atoms. The van der Waals surface area contributed by atoms with Crippen molar-refractivity contribution >= 4 is 12.3 Å². The highest BCUT2D eigenvalue weighted by molar-refractivity contribution is 5.72. The van der Waals surface area contributed by atoms with Gasteiger partial charge in [0.15, 0.2) is 0 Å². The van der Waals surface area contributed by atoms with Gasteiger partial charge in [0.05, 0.1) is 12.5 Å². The molecular weight excluding hydrogens is 256 g/mol. The maximum absolute atomic E-state index is 11.5. The zero-order chi connectivity index (χ0) is 14.4. The largest absolute Gasteiger partial charge is 0.462 e. The van der Waals surface area contributed by atoms with Crippen LogP contribution in [0.2, 0.25) is 0 Å². The van der Waals surface area contributed by atoms with Crippen molar-refractivity contribution in [2.24, 2.45) is 5.92 Å².